The van der Waals surface area contributed by atoms with E-state index in [2.05, 4.69) is 28.6 Å². The molecule has 0 bridgehead atoms. The molecule has 174 valence electrons. The molecule has 0 radical (unpaired) electrons. The second-order valence-corrected chi connectivity index (χ2v) is 7.96. The van der Waals surface area contributed by atoms with Crippen molar-refractivity contribution in [2.75, 3.05) is 5.75 Å². The van der Waals surface area contributed by atoms with Gasteiger partial charge in [0.15, 0.2) is 0 Å². The van der Waals surface area contributed by atoms with E-state index in [1.54, 1.807) is 20.8 Å². The fraction of sp³-hybridized carbons (Fsp3) is 0.789. The SMILES string of the molecule is CCC(C)C(N)C(=O)NC(C(=O)NC(CS)C(=O)NC(C(=O)O)C(C)CC)C(C)O. The zero-order valence-electron chi connectivity index (χ0n) is 18.2. The third kappa shape index (κ3) is 8.49. The zero-order valence-corrected chi connectivity index (χ0v) is 19.1. The Morgan fingerprint density at radius 3 is 1.77 bits per heavy atom. The van der Waals surface area contributed by atoms with Gasteiger partial charge in [0.25, 0.3) is 0 Å². The topological polar surface area (TPSA) is 171 Å². The smallest absolute Gasteiger partial charge is 0.326 e. The first kappa shape index (κ1) is 28.1. The molecule has 7 N–H and O–H groups in total. The number of hydrogen-bond donors (Lipinski definition) is 7. The molecule has 0 saturated heterocycles. The van der Waals surface area contributed by atoms with E-state index in [0.29, 0.717) is 12.8 Å². The number of carbonyl (C=O) groups is 4. The van der Waals surface area contributed by atoms with E-state index < -0.39 is 54.0 Å². The maximum Gasteiger partial charge on any atom is 0.326 e. The molecule has 3 amide bonds. The average Bonchev–Trinajstić information content (AvgIpc) is 2.70. The molecule has 11 heteroatoms. The Morgan fingerprint density at radius 2 is 1.37 bits per heavy atom. The fourth-order valence-corrected chi connectivity index (χ4v) is 2.82. The van der Waals surface area contributed by atoms with Crippen LogP contribution < -0.4 is 21.7 Å². The molecule has 0 aromatic heterocycles. The van der Waals surface area contributed by atoms with Crippen LogP contribution in [0.25, 0.3) is 0 Å². The van der Waals surface area contributed by atoms with Crippen molar-refractivity contribution in [1.29, 1.82) is 0 Å². The summed E-state index contributed by atoms with van der Waals surface area (Å²) in [5.74, 6) is -3.88. The largest absolute Gasteiger partial charge is 0.480 e. The average molecular weight is 449 g/mol. The van der Waals surface area contributed by atoms with Crippen LogP contribution in [0.15, 0.2) is 0 Å². The molecule has 0 aromatic carbocycles. The normalized spacial score (nSPS) is 18.1. The predicted octanol–water partition coefficient (Wildman–Crippen LogP) is -0.744. The fourth-order valence-electron chi connectivity index (χ4n) is 2.56. The van der Waals surface area contributed by atoms with Gasteiger partial charge in [-0.1, -0.05) is 40.5 Å². The molecule has 0 aromatic rings. The second-order valence-electron chi connectivity index (χ2n) is 7.59. The highest BCUT2D eigenvalue weighted by molar-refractivity contribution is 7.80. The molecule has 7 atom stereocenters. The predicted molar refractivity (Wildman–Crippen MR) is 116 cm³/mol. The van der Waals surface area contributed by atoms with Gasteiger partial charge in [-0.15, -0.1) is 0 Å². The van der Waals surface area contributed by atoms with E-state index in [1.807, 2.05) is 6.92 Å². The summed E-state index contributed by atoms with van der Waals surface area (Å²) < 4.78 is 0. The number of aliphatic carboxylic acids is 1. The van der Waals surface area contributed by atoms with Crippen LogP contribution in [0.2, 0.25) is 0 Å². The van der Waals surface area contributed by atoms with Crippen LogP contribution in [0.1, 0.15) is 47.5 Å². The van der Waals surface area contributed by atoms with Crippen LogP contribution in [-0.4, -0.2) is 69.9 Å². The highest BCUT2D eigenvalue weighted by Crippen LogP contribution is 2.09. The first-order valence-corrected chi connectivity index (χ1v) is 10.7. The lowest BCUT2D eigenvalue weighted by molar-refractivity contribution is -0.143. The highest BCUT2D eigenvalue weighted by atomic mass is 32.1. The van der Waals surface area contributed by atoms with E-state index in [-0.39, 0.29) is 17.6 Å². The van der Waals surface area contributed by atoms with E-state index >= 15 is 0 Å². The van der Waals surface area contributed by atoms with E-state index in [1.165, 1.54) is 6.92 Å². The van der Waals surface area contributed by atoms with Gasteiger partial charge in [0.2, 0.25) is 17.7 Å². The summed E-state index contributed by atoms with van der Waals surface area (Å²) in [4.78, 5) is 48.8. The van der Waals surface area contributed by atoms with Crippen LogP contribution in [-0.2, 0) is 19.2 Å². The molecule has 0 fully saturated rings. The van der Waals surface area contributed by atoms with Gasteiger partial charge in [0, 0.05) is 5.75 Å². The van der Waals surface area contributed by atoms with Crippen LogP contribution >= 0.6 is 12.6 Å². The Hall–Kier alpha value is -1.85. The monoisotopic (exact) mass is 448 g/mol. The van der Waals surface area contributed by atoms with Gasteiger partial charge in [-0.25, -0.2) is 4.79 Å². The Bertz CT molecular complexity index is 604. The third-order valence-corrected chi connectivity index (χ3v) is 5.58. The maximum absolute atomic E-state index is 12.6. The van der Waals surface area contributed by atoms with Crippen molar-refractivity contribution in [3.8, 4) is 0 Å². The van der Waals surface area contributed by atoms with Gasteiger partial charge in [-0.05, 0) is 18.8 Å². The van der Waals surface area contributed by atoms with E-state index in [9.17, 15) is 29.4 Å². The Kier molecular flexibility index (Phi) is 12.6. The number of carboxylic acid groups (broad SMARTS) is 1. The molecule has 0 spiro atoms. The summed E-state index contributed by atoms with van der Waals surface area (Å²) in [6, 6.07) is -4.48. The lowest BCUT2D eigenvalue weighted by Gasteiger charge is -2.27. The summed E-state index contributed by atoms with van der Waals surface area (Å²) >= 11 is 4.05. The lowest BCUT2D eigenvalue weighted by atomic mass is 9.98. The minimum absolute atomic E-state index is 0.114. The van der Waals surface area contributed by atoms with Crippen molar-refractivity contribution >= 4 is 36.3 Å². The summed E-state index contributed by atoms with van der Waals surface area (Å²) in [6.45, 7) is 8.46. The lowest BCUT2D eigenvalue weighted by Crippen LogP contribution is -2.61. The molecule has 0 aliphatic carbocycles. The number of nitrogens with two attached hydrogens (primary N) is 1. The van der Waals surface area contributed by atoms with Gasteiger partial charge in [-0.3, -0.25) is 14.4 Å². The minimum atomic E-state index is -1.34. The summed E-state index contributed by atoms with van der Waals surface area (Å²) in [5.41, 5.74) is 5.86. The number of carboxylic acids is 1. The number of aliphatic hydroxyl groups excluding tert-OH is 1. The zero-order chi connectivity index (χ0) is 23.6. The van der Waals surface area contributed by atoms with Crippen LogP contribution in [0.3, 0.4) is 0 Å². The van der Waals surface area contributed by atoms with Crippen LogP contribution in [0.5, 0.6) is 0 Å². The molecule has 30 heavy (non-hydrogen) atoms. The van der Waals surface area contributed by atoms with Crippen molar-refractivity contribution in [3.05, 3.63) is 0 Å². The number of thiol groups is 1. The first-order valence-electron chi connectivity index (χ1n) is 10.1. The number of amides is 3. The molecule has 0 aliphatic rings. The number of nitrogens with one attached hydrogen (secondary N) is 3. The molecule has 7 unspecified atom stereocenters. The quantitative estimate of drug-likeness (QED) is 0.182. The standard InChI is InChI=1S/C19H36N4O6S/c1-6-9(3)13(20)17(26)23-15(11(5)24)18(27)21-12(8-30)16(25)22-14(19(28)29)10(4)7-2/h9-15,24,30H,6-8,20H2,1-5H3,(H,21,27)(H,22,25)(H,23,26)(H,28,29). The molecule has 0 aliphatic heterocycles. The van der Waals surface area contributed by atoms with Gasteiger partial charge in [0.05, 0.1) is 12.1 Å². The number of hydrogen-bond acceptors (Lipinski definition) is 7. The Morgan fingerprint density at radius 1 is 0.867 bits per heavy atom. The first-order chi connectivity index (χ1) is 13.9. The van der Waals surface area contributed by atoms with Gasteiger partial charge >= 0.3 is 5.97 Å². The number of carbonyl (C=O) groups excluding carboxylic acids is 3. The van der Waals surface area contributed by atoms with E-state index in [4.69, 9.17) is 5.73 Å². The van der Waals surface area contributed by atoms with Crippen molar-refractivity contribution in [2.24, 2.45) is 17.6 Å². The van der Waals surface area contributed by atoms with Crippen molar-refractivity contribution < 1.29 is 29.4 Å². The molecule has 10 nitrogen and oxygen atoms in total. The molecular weight excluding hydrogens is 412 g/mol. The third-order valence-electron chi connectivity index (χ3n) is 5.21. The summed E-state index contributed by atoms with van der Waals surface area (Å²) in [7, 11) is 0. The van der Waals surface area contributed by atoms with Gasteiger partial charge < -0.3 is 31.9 Å². The molecule has 0 saturated carbocycles. The van der Waals surface area contributed by atoms with Crippen molar-refractivity contribution in [2.45, 2.75) is 77.7 Å². The van der Waals surface area contributed by atoms with Crippen molar-refractivity contribution in [3.63, 3.8) is 0 Å². The minimum Gasteiger partial charge on any atom is -0.480 e. The molecular formula is C19H36N4O6S. The second kappa shape index (κ2) is 13.5. The Balaban J connectivity index is 5.25. The Labute approximate surface area is 183 Å². The molecule has 0 rings (SSSR count). The van der Waals surface area contributed by atoms with Crippen LogP contribution in [0.4, 0.5) is 0 Å². The molecule has 0 heterocycles. The number of rotatable bonds is 13. The summed E-state index contributed by atoms with van der Waals surface area (Å²) in [6.07, 6.45) is -0.0707. The maximum atomic E-state index is 12.6. The number of aliphatic hydroxyl groups is 1. The summed E-state index contributed by atoms with van der Waals surface area (Å²) in [5, 5.41) is 26.5. The van der Waals surface area contributed by atoms with Crippen molar-refractivity contribution in [1.82, 2.24) is 16.0 Å². The van der Waals surface area contributed by atoms with Gasteiger partial charge in [0.1, 0.15) is 18.1 Å². The van der Waals surface area contributed by atoms with Crippen LogP contribution in [0, 0.1) is 11.8 Å². The highest BCUT2D eigenvalue weighted by Gasteiger charge is 2.33. The van der Waals surface area contributed by atoms with E-state index in [0.717, 1.165) is 0 Å². The van der Waals surface area contributed by atoms with Gasteiger partial charge in [-0.2, -0.15) is 12.6 Å².